The lowest BCUT2D eigenvalue weighted by atomic mass is 9.73. The molecule has 0 fully saturated rings. The predicted octanol–water partition coefficient (Wildman–Crippen LogP) is 3.25. The number of alkyl halides is 3. The summed E-state index contributed by atoms with van der Waals surface area (Å²) in [6.07, 6.45) is -2.94. The first-order valence-electron chi connectivity index (χ1n) is 8.97. The van der Waals surface area contributed by atoms with Crippen LogP contribution < -0.4 is 10.2 Å². The van der Waals surface area contributed by atoms with Gasteiger partial charge in [-0.3, -0.25) is 4.79 Å². The second-order valence-electron chi connectivity index (χ2n) is 8.08. The summed E-state index contributed by atoms with van der Waals surface area (Å²) in [4.78, 5) is 13.8. The second-order valence-corrected chi connectivity index (χ2v) is 8.08. The van der Waals surface area contributed by atoms with Gasteiger partial charge in [0.2, 0.25) is 23.9 Å². The lowest BCUT2D eigenvalue weighted by molar-refractivity contribution is -0.764. The molecule has 0 amide bonds. The number of aromatic nitrogens is 3. The van der Waals surface area contributed by atoms with E-state index in [0.29, 0.717) is 22.0 Å². The Morgan fingerprint density at radius 2 is 1.86 bits per heavy atom. The van der Waals surface area contributed by atoms with Gasteiger partial charge in [0.1, 0.15) is 11.3 Å². The first-order valence-corrected chi connectivity index (χ1v) is 8.97. The van der Waals surface area contributed by atoms with Crippen LogP contribution in [0.1, 0.15) is 31.4 Å². The van der Waals surface area contributed by atoms with Crippen LogP contribution in [0.3, 0.4) is 0 Å². The van der Waals surface area contributed by atoms with Crippen molar-refractivity contribution in [1.82, 2.24) is 10.1 Å². The Morgan fingerprint density at radius 1 is 1.17 bits per heavy atom. The minimum atomic E-state index is -4.94. The lowest BCUT2D eigenvalue weighted by Crippen LogP contribution is -2.59. The third kappa shape index (κ3) is 4.19. The molecule has 1 aromatic carbocycles. The predicted molar refractivity (Wildman–Crippen MR) is 98.9 cm³/mol. The van der Waals surface area contributed by atoms with Crippen molar-refractivity contribution in [2.24, 2.45) is 0 Å². The molecule has 0 saturated carbocycles. The SMILES string of the molecule is Cc1ccc(F)cc1C(C)(C)CC(O)(C[n+]1cc2cc(=O)[nH]cc2[nH]1)C(F)(F)F. The van der Waals surface area contributed by atoms with E-state index in [4.69, 9.17) is 0 Å². The Hall–Kier alpha value is -2.68. The Labute approximate surface area is 164 Å². The summed E-state index contributed by atoms with van der Waals surface area (Å²) in [5.74, 6) is -0.552. The zero-order valence-electron chi connectivity index (χ0n) is 16.2. The fraction of sp³-hybridized carbons (Fsp3) is 0.400. The number of fused-ring (bicyclic) bond motifs is 1. The highest BCUT2D eigenvalue weighted by molar-refractivity contribution is 5.75. The van der Waals surface area contributed by atoms with Gasteiger partial charge in [0.15, 0.2) is 0 Å². The highest BCUT2D eigenvalue weighted by Crippen LogP contribution is 2.42. The van der Waals surface area contributed by atoms with Crippen molar-refractivity contribution in [3.8, 4) is 0 Å². The van der Waals surface area contributed by atoms with Crippen LogP contribution in [0.15, 0.2) is 41.5 Å². The summed E-state index contributed by atoms with van der Waals surface area (Å²) in [5.41, 5.74) is -3.19. The molecule has 2 heterocycles. The van der Waals surface area contributed by atoms with Gasteiger partial charge < -0.3 is 10.1 Å². The molecule has 0 bridgehead atoms. The Bertz CT molecular complexity index is 1100. The summed E-state index contributed by atoms with van der Waals surface area (Å²) in [6, 6.07) is 5.19. The van der Waals surface area contributed by atoms with Crippen molar-refractivity contribution in [1.29, 1.82) is 0 Å². The number of nitrogens with one attached hydrogen (secondary N) is 2. The van der Waals surface area contributed by atoms with Crippen LogP contribution >= 0.6 is 0 Å². The van der Waals surface area contributed by atoms with Gasteiger partial charge in [-0.05, 0) is 35.6 Å². The van der Waals surface area contributed by atoms with E-state index >= 15 is 0 Å². The fourth-order valence-electron chi connectivity index (χ4n) is 3.81. The summed E-state index contributed by atoms with van der Waals surface area (Å²) >= 11 is 0. The van der Waals surface area contributed by atoms with Crippen LogP contribution in [0.2, 0.25) is 0 Å². The van der Waals surface area contributed by atoms with Gasteiger partial charge in [0.25, 0.3) is 0 Å². The first-order chi connectivity index (χ1) is 13.3. The van der Waals surface area contributed by atoms with Crippen molar-refractivity contribution in [2.45, 2.75) is 50.9 Å². The summed E-state index contributed by atoms with van der Waals surface area (Å²) in [6.45, 7) is 3.96. The number of H-pyrrole nitrogens is 2. The van der Waals surface area contributed by atoms with Crippen LogP contribution in [0.4, 0.5) is 17.6 Å². The molecule has 0 saturated heterocycles. The normalized spacial score (nSPS) is 14.9. The van der Waals surface area contributed by atoms with Crippen molar-refractivity contribution in [3.63, 3.8) is 0 Å². The summed E-state index contributed by atoms with van der Waals surface area (Å²) < 4.78 is 56.6. The third-order valence-corrected chi connectivity index (χ3v) is 5.14. The van der Waals surface area contributed by atoms with Crippen LogP contribution in [-0.2, 0) is 12.0 Å². The smallest absolute Gasteiger partial charge is 0.376 e. The van der Waals surface area contributed by atoms with Gasteiger partial charge in [-0.25, -0.2) is 4.39 Å². The number of aryl methyl sites for hydroxylation is 1. The van der Waals surface area contributed by atoms with E-state index in [1.807, 2.05) is 0 Å². The maximum atomic E-state index is 13.9. The molecule has 0 aliphatic rings. The van der Waals surface area contributed by atoms with Gasteiger partial charge in [-0.1, -0.05) is 19.9 Å². The number of hydrogen-bond acceptors (Lipinski definition) is 2. The minimum absolute atomic E-state index is 0.391. The first kappa shape index (κ1) is 21.0. The molecule has 0 spiro atoms. The molecule has 29 heavy (non-hydrogen) atoms. The fourth-order valence-corrected chi connectivity index (χ4v) is 3.81. The van der Waals surface area contributed by atoms with Gasteiger partial charge in [-0.15, -0.1) is 4.68 Å². The van der Waals surface area contributed by atoms with Crippen molar-refractivity contribution >= 4 is 10.9 Å². The Morgan fingerprint density at radius 3 is 2.52 bits per heavy atom. The standard InChI is InChI=1S/C20H21F4N3O2/c1-12-4-5-14(21)7-15(12)18(2,3)10-19(29,20(22,23)24)11-27-9-13-6-17(28)25-8-16(13)26-27/h4-9,28-29H,10-11H2,1-3H3/p+1. The van der Waals surface area contributed by atoms with E-state index < -0.39 is 41.5 Å². The molecule has 1 unspecified atom stereocenters. The van der Waals surface area contributed by atoms with Crippen LogP contribution in [-0.4, -0.2) is 27.0 Å². The maximum Gasteiger partial charge on any atom is 0.423 e. The molecule has 156 valence electrons. The molecule has 0 aliphatic heterocycles. The number of halogens is 4. The van der Waals surface area contributed by atoms with E-state index in [1.165, 1.54) is 36.7 Å². The molecule has 0 radical (unpaired) electrons. The maximum absolute atomic E-state index is 13.9. The third-order valence-electron chi connectivity index (χ3n) is 5.14. The van der Waals surface area contributed by atoms with Crippen molar-refractivity contribution in [2.75, 3.05) is 0 Å². The lowest BCUT2D eigenvalue weighted by Gasteiger charge is -2.36. The highest BCUT2D eigenvalue weighted by atomic mass is 19.4. The largest absolute Gasteiger partial charge is 0.423 e. The molecule has 5 nitrogen and oxygen atoms in total. The Balaban J connectivity index is 1.99. The monoisotopic (exact) mass is 412 g/mol. The van der Waals surface area contributed by atoms with E-state index in [2.05, 4.69) is 10.1 Å². The zero-order valence-corrected chi connectivity index (χ0v) is 16.2. The van der Waals surface area contributed by atoms with Gasteiger partial charge in [0.05, 0.1) is 5.39 Å². The molecule has 1 atom stereocenters. The number of pyridine rings is 1. The summed E-state index contributed by atoms with van der Waals surface area (Å²) in [7, 11) is 0. The summed E-state index contributed by atoms with van der Waals surface area (Å²) in [5, 5.41) is 13.8. The van der Waals surface area contributed by atoms with Gasteiger partial charge in [0, 0.05) is 18.7 Å². The number of hydrogen-bond donors (Lipinski definition) is 3. The topological polar surface area (TPSA) is 72.8 Å². The number of aliphatic hydroxyl groups is 1. The molecular formula is C20H22F4N3O2+. The van der Waals surface area contributed by atoms with Crippen LogP contribution in [0.25, 0.3) is 10.9 Å². The van der Waals surface area contributed by atoms with Gasteiger partial charge >= 0.3 is 6.18 Å². The van der Waals surface area contributed by atoms with Gasteiger partial charge in [-0.2, -0.15) is 18.3 Å². The molecule has 3 rings (SSSR count). The number of rotatable bonds is 5. The molecule has 2 aromatic heterocycles. The Kier molecular flexibility index (Phi) is 5.06. The van der Waals surface area contributed by atoms with E-state index in [-0.39, 0.29) is 0 Å². The van der Waals surface area contributed by atoms with Crippen molar-refractivity contribution in [3.05, 3.63) is 64.0 Å². The number of benzene rings is 1. The van der Waals surface area contributed by atoms with Crippen LogP contribution in [0, 0.1) is 12.7 Å². The highest BCUT2D eigenvalue weighted by Gasteiger charge is 2.59. The number of nitrogens with zero attached hydrogens (tertiary/aromatic N) is 1. The zero-order chi connectivity index (χ0) is 21.6. The van der Waals surface area contributed by atoms with E-state index in [9.17, 15) is 27.5 Å². The quantitative estimate of drug-likeness (QED) is 0.445. The van der Waals surface area contributed by atoms with E-state index in [1.54, 1.807) is 20.8 Å². The van der Waals surface area contributed by atoms with E-state index in [0.717, 1.165) is 4.68 Å². The second kappa shape index (κ2) is 6.98. The molecule has 3 N–H and O–H groups in total. The average molecular weight is 412 g/mol. The van der Waals surface area contributed by atoms with Crippen molar-refractivity contribution < 1.29 is 27.3 Å². The van der Waals surface area contributed by atoms with Crippen LogP contribution in [0.5, 0.6) is 0 Å². The molecule has 9 heteroatoms. The molecule has 0 aliphatic carbocycles. The molecule has 3 aromatic rings. The minimum Gasteiger partial charge on any atom is -0.376 e. The number of aromatic amines is 2. The average Bonchev–Trinajstić information content (AvgIpc) is 2.96. The molecular weight excluding hydrogens is 390 g/mol.